The lowest BCUT2D eigenvalue weighted by Gasteiger charge is -2.34. The molecule has 2 nitrogen and oxygen atoms in total. The van der Waals surface area contributed by atoms with Gasteiger partial charge in [0.25, 0.3) is 0 Å². The number of hydrogen-bond acceptors (Lipinski definition) is 2. The summed E-state index contributed by atoms with van der Waals surface area (Å²) in [6.07, 6.45) is 8.22. The maximum atomic E-state index is 6.05. The zero-order chi connectivity index (χ0) is 13.7. The molecular formula is C17H28N2. The number of benzene rings is 1. The molecule has 0 saturated heterocycles. The van der Waals surface area contributed by atoms with E-state index in [0.29, 0.717) is 18.6 Å². The lowest BCUT2D eigenvalue weighted by atomic mass is 10.00. The molecule has 1 atom stereocenters. The van der Waals surface area contributed by atoms with Gasteiger partial charge in [0, 0.05) is 18.6 Å². The van der Waals surface area contributed by atoms with Crippen molar-refractivity contribution in [2.45, 2.75) is 57.5 Å². The third-order valence-corrected chi connectivity index (χ3v) is 4.58. The summed E-state index contributed by atoms with van der Waals surface area (Å²) in [6.45, 7) is 2.84. The van der Waals surface area contributed by atoms with E-state index in [1.165, 1.54) is 49.7 Å². The van der Waals surface area contributed by atoms with Gasteiger partial charge in [0.2, 0.25) is 0 Å². The van der Waals surface area contributed by atoms with Crippen molar-refractivity contribution in [2.75, 3.05) is 13.6 Å². The molecule has 0 aliphatic heterocycles. The number of aryl methyl sites for hydroxylation is 1. The smallest absolute Gasteiger partial charge is 0.0470 e. The highest BCUT2D eigenvalue weighted by molar-refractivity contribution is 5.24. The van der Waals surface area contributed by atoms with Gasteiger partial charge in [0.15, 0.2) is 0 Å². The topological polar surface area (TPSA) is 29.3 Å². The maximum absolute atomic E-state index is 6.05. The molecule has 2 heteroatoms. The second kappa shape index (κ2) is 7.06. The Balaban J connectivity index is 2.09. The van der Waals surface area contributed by atoms with Crippen LogP contribution in [0.1, 0.15) is 55.7 Å². The third kappa shape index (κ3) is 3.80. The summed E-state index contributed by atoms with van der Waals surface area (Å²) in [5.74, 6) is 0. The third-order valence-electron chi connectivity index (χ3n) is 4.58. The van der Waals surface area contributed by atoms with Crippen molar-refractivity contribution in [3.05, 3.63) is 35.4 Å². The van der Waals surface area contributed by atoms with E-state index in [2.05, 4.69) is 43.1 Å². The molecule has 1 unspecified atom stereocenters. The first kappa shape index (κ1) is 14.5. The quantitative estimate of drug-likeness (QED) is 0.837. The van der Waals surface area contributed by atoms with Crippen LogP contribution in [0.5, 0.6) is 0 Å². The number of nitrogens with zero attached hydrogens (tertiary/aromatic N) is 1. The van der Waals surface area contributed by atoms with E-state index in [1.54, 1.807) is 0 Å². The van der Waals surface area contributed by atoms with Crippen molar-refractivity contribution >= 4 is 0 Å². The Hall–Kier alpha value is -0.860. The monoisotopic (exact) mass is 260 g/mol. The number of likely N-dealkylation sites (N-methyl/N-ethyl adjacent to an activating group) is 1. The zero-order valence-electron chi connectivity index (χ0n) is 12.4. The van der Waals surface area contributed by atoms with Crippen molar-refractivity contribution in [2.24, 2.45) is 5.73 Å². The van der Waals surface area contributed by atoms with E-state index in [9.17, 15) is 0 Å². The molecule has 0 amide bonds. The molecule has 1 saturated carbocycles. The first-order valence-corrected chi connectivity index (χ1v) is 7.71. The first-order valence-electron chi connectivity index (χ1n) is 7.71. The first-order chi connectivity index (χ1) is 9.22. The van der Waals surface area contributed by atoms with E-state index in [1.807, 2.05) is 0 Å². The fourth-order valence-electron chi connectivity index (χ4n) is 3.25. The van der Waals surface area contributed by atoms with Gasteiger partial charge in [0.05, 0.1) is 0 Å². The van der Waals surface area contributed by atoms with Crippen molar-refractivity contribution < 1.29 is 0 Å². The Bertz CT molecular complexity index is 363. The molecular weight excluding hydrogens is 232 g/mol. The molecule has 19 heavy (non-hydrogen) atoms. The van der Waals surface area contributed by atoms with Crippen LogP contribution in [0.2, 0.25) is 0 Å². The number of hydrogen-bond donors (Lipinski definition) is 1. The minimum absolute atomic E-state index is 0.365. The second-order valence-electron chi connectivity index (χ2n) is 5.97. The maximum Gasteiger partial charge on any atom is 0.0470 e. The van der Waals surface area contributed by atoms with Crippen LogP contribution in [0.3, 0.4) is 0 Å². The van der Waals surface area contributed by atoms with E-state index in [0.717, 1.165) is 0 Å². The van der Waals surface area contributed by atoms with Gasteiger partial charge < -0.3 is 5.73 Å². The highest BCUT2D eigenvalue weighted by Gasteiger charge is 2.23. The van der Waals surface area contributed by atoms with Gasteiger partial charge in [-0.05, 0) is 32.4 Å². The van der Waals surface area contributed by atoms with E-state index >= 15 is 0 Å². The fraction of sp³-hybridized carbons (Fsp3) is 0.647. The highest BCUT2D eigenvalue weighted by Crippen LogP contribution is 2.27. The van der Waals surface area contributed by atoms with Crippen LogP contribution < -0.4 is 5.73 Å². The number of rotatable bonds is 4. The zero-order valence-corrected chi connectivity index (χ0v) is 12.4. The van der Waals surface area contributed by atoms with Gasteiger partial charge in [-0.25, -0.2) is 0 Å². The Morgan fingerprint density at radius 2 is 1.68 bits per heavy atom. The van der Waals surface area contributed by atoms with Gasteiger partial charge in [-0.1, -0.05) is 55.5 Å². The predicted molar refractivity (Wildman–Crippen MR) is 82.2 cm³/mol. The summed E-state index contributed by atoms with van der Waals surface area (Å²) in [5, 5.41) is 0. The van der Waals surface area contributed by atoms with Crippen LogP contribution in [0.4, 0.5) is 0 Å². The SMILES string of the molecule is Cc1ccc(C(CN)N(C)C2CCCCCC2)cc1. The van der Waals surface area contributed by atoms with Crippen molar-refractivity contribution in [1.29, 1.82) is 0 Å². The van der Waals surface area contributed by atoms with E-state index in [4.69, 9.17) is 5.73 Å². The lowest BCUT2D eigenvalue weighted by Crippen LogP contribution is -2.38. The molecule has 1 aromatic rings. The average Bonchev–Trinajstić information content (AvgIpc) is 2.70. The van der Waals surface area contributed by atoms with Gasteiger partial charge in [-0.15, -0.1) is 0 Å². The van der Waals surface area contributed by atoms with Crippen LogP contribution in [-0.4, -0.2) is 24.5 Å². The molecule has 0 heterocycles. The molecule has 2 rings (SSSR count). The largest absolute Gasteiger partial charge is 0.329 e. The highest BCUT2D eigenvalue weighted by atomic mass is 15.2. The normalized spacial score (nSPS) is 19.4. The molecule has 1 aliphatic carbocycles. The van der Waals surface area contributed by atoms with E-state index < -0.39 is 0 Å². The Morgan fingerprint density at radius 1 is 1.11 bits per heavy atom. The summed E-state index contributed by atoms with van der Waals surface area (Å²) in [7, 11) is 2.26. The minimum atomic E-state index is 0.365. The molecule has 0 radical (unpaired) electrons. The van der Waals surface area contributed by atoms with Gasteiger partial charge >= 0.3 is 0 Å². The molecule has 0 bridgehead atoms. The van der Waals surface area contributed by atoms with Crippen LogP contribution in [0, 0.1) is 6.92 Å². The molecule has 1 aliphatic rings. The van der Waals surface area contributed by atoms with Crippen molar-refractivity contribution in [3.8, 4) is 0 Å². The molecule has 2 N–H and O–H groups in total. The predicted octanol–water partition coefficient (Wildman–Crippen LogP) is 3.65. The van der Waals surface area contributed by atoms with Gasteiger partial charge in [0.1, 0.15) is 0 Å². The summed E-state index contributed by atoms with van der Waals surface area (Å²) >= 11 is 0. The standard InChI is InChI=1S/C17H28N2/c1-14-9-11-15(12-10-14)17(13-18)19(2)16-7-5-3-4-6-8-16/h9-12,16-17H,3-8,13,18H2,1-2H3. The van der Waals surface area contributed by atoms with Crippen molar-refractivity contribution in [3.63, 3.8) is 0 Å². The van der Waals surface area contributed by atoms with Gasteiger partial charge in [-0.3, -0.25) is 4.90 Å². The summed E-state index contributed by atoms with van der Waals surface area (Å²) in [5.41, 5.74) is 8.73. The number of nitrogens with two attached hydrogens (primary N) is 1. The Kier molecular flexibility index (Phi) is 5.41. The Labute approximate surface area is 118 Å². The van der Waals surface area contributed by atoms with Crippen LogP contribution >= 0.6 is 0 Å². The lowest BCUT2D eigenvalue weighted by molar-refractivity contribution is 0.161. The Morgan fingerprint density at radius 3 is 2.21 bits per heavy atom. The average molecular weight is 260 g/mol. The second-order valence-corrected chi connectivity index (χ2v) is 5.97. The van der Waals surface area contributed by atoms with Crippen LogP contribution in [0.25, 0.3) is 0 Å². The molecule has 0 spiro atoms. The fourth-order valence-corrected chi connectivity index (χ4v) is 3.25. The van der Waals surface area contributed by atoms with E-state index in [-0.39, 0.29) is 0 Å². The molecule has 1 fully saturated rings. The van der Waals surface area contributed by atoms with Gasteiger partial charge in [-0.2, -0.15) is 0 Å². The summed E-state index contributed by atoms with van der Waals surface area (Å²) in [6, 6.07) is 9.93. The molecule has 106 valence electrons. The summed E-state index contributed by atoms with van der Waals surface area (Å²) in [4.78, 5) is 2.52. The molecule has 0 aromatic heterocycles. The summed E-state index contributed by atoms with van der Waals surface area (Å²) < 4.78 is 0. The molecule has 1 aromatic carbocycles. The van der Waals surface area contributed by atoms with Crippen LogP contribution in [-0.2, 0) is 0 Å². The van der Waals surface area contributed by atoms with Crippen molar-refractivity contribution in [1.82, 2.24) is 4.90 Å². The van der Waals surface area contributed by atoms with Crippen LogP contribution in [0.15, 0.2) is 24.3 Å². The minimum Gasteiger partial charge on any atom is -0.329 e.